The Morgan fingerprint density at radius 2 is 1.75 bits per heavy atom. The van der Waals surface area contributed by atoms with Gasteiger partial charge in [-0.2, -0.15) is 0 Å². The van der Waals surface area contributed by atoms with E-state index in [1.807, 2.05) is 0 Å². The second-order valence-electron chi connectivity index (χ2n) is 5.03. The summed E-state index contributed by atoms with van der Waals surface area (Å²) in [4.78, 5) is 14.2. The van der Waals surface area contributed by atoms with E-state index in [1.165, 1.54) is 0 Å². The summed E-state index contributed by atoms with van der Waals surface area (Å²) in [7, 11) is 0. The van der Waals surface area contributed by atoms with Gasteiger partial charge in [0.15, 0.2) is 5.79 Å². The normalized spacial score (nSPS) is 21.4. The van der Waals surface area contributed by atoms with Crippen molar-refractivity contribution in [2.75, 3.05) is 26.3 Å². The molecule has 0 N–H and O–H groups in total. The van der Waals surface area contributed by atoms with Crippen molar-refractivity contribution in [2.45, 2.75) is 18.6 Å². The molecule has 0 bridgehead atoms. The lowest BCUT2D eigenvalue weighted by molar-refractivity contribution is -0.181. The van der Waals surface area contributed by atoms with Crippen LogP contribution >= 0.6 is 23.2 Å². The molecule has 20 heavy (non-hydrogen) atoms. The summed E-state index contributed by atoms with van der Waals surface area (Å²) in [5.41, 5.74) is 0.559. The maximum Gasteiger partial charge on any atom is 0.253 e. The summed E-state index contributed by atoms with van der Waals surface area (Å²) in [5, 5.41) is 0.849. The van der Waals surface area contributed by atoms with E-state index in [9.17, 15) is 4.79 Å². The molecule has 1 spiro atoms. The van der Waals surface area contributed by atoms with E-state index in [0.717, 1.165) is 0 Å². The Morgan fingerprint density at radius 3 is 2.35 bits per heavy atom. The van der Waals surface area contributed by atoms with Crippen molar-refractivity contribution in [3.8, 4) is 0 Å². The number of benzene rings is 1. The fourth-order valence-corrected chi connectivity index (χ4v) is 2.95. The minimum atomic E-state index is -0.464. The van der Waals surface area contributed by atoms with Crippen LogP contribution in [0.2, 0.25) is 10.0 Å². The van der Waals surface area contributed by atoms with Crippen LogP contribution in [0.4, 0.5) is 0 Å². The van der Waals surface area contributed by atoms with E-state index < -0.39 is 5.79 Å². The molecule has 108 valence electrons. The van der Waals surface area contributed by atoms with Crippen LogP contribution in [-0.4, -0.2) is 42.9 Å². The van der Waals surface area contributed by atoms with Crippen molar-refractivity contribution in [1.82, 2.24) is 4.90 Å². The highest BCUT2D eigenvalue weighted by atomic mass is 35.5. The van der Waals surface area contributed by atoms with Gasteiger partial charge in [0, 0.05) is 31.5 Å². The molecule has 4 nitrogen and oxygen atoms in total. The third kappa shape index (κ3) is 2.66. The molecule has 2 fully saturated rings. The highest BCUT2D eigenvalue weighted by Gasteiger charge is 2.40. The molecule has 2 aliphatic rings. The van der Waals surface area contributed by atoms with E-state index >= 15 is 0 Å². The summed E-state index contributed by atoms with van der Waals surface area (Å²) in [6.07, 6.45) is 1.42. The van der Waals surface area contributed by atoms with Gasteiger partial charge >= 0.3 is 0 Å². The van der Waals surface area contributed by atoms with Gasteiger partial charge in [-0.15, -0.1) is 0 Å². The Bertz CT molecular complexity index is 519. The minimum absolute atomic E-state index is 0.0311. The molecule has 0 aliphatic carbocycles. The molecule has 0 unspecified atom stereocenters. The maximum absolute atomic E-state index is 12.4. The van der Waals surface area contributed by atoms with Crippen molar-refractivity contribution in [3.63, 3.8) is 0 Å². The first-order valence-corrected chi connectivity index (χ1v) is 7.37. The second kappa shape index (κ2) is 5.53. The fourth-order valence-electron chi connectivity index (χ4n) is 2.65. The van der Waals surface area contributed by atoms with Crippen LogP contribution in [-0.2, 0) is 9.47 Å². The van der Waals surface area contributed by atoms with Crippen LogP contribution in [0.15, 0.2) is 18.2 Å². The summed E-state index contributed by atoms with van der Waals surface area (Å²) < 4.78 is 11.3. The molecule has 0 saturated carbocycles. The summed E-state index contributed by atoms with van der Waals surface area (Å²) in [6.45, 7) is 2.53. The van der Waals surface area contributed by atoms with E-state index in [0.29, 0.717) is 54.8 Å². The Hall–Kier alpha value is -0.810. The van der Waals surface area contributed by atoms with Gasteiger partial charge in [0.1, 0.15) is 0 Å². The number of carbonyl (C=O) groups is 1. The molecular formula is C14H15Cl2NO3. The number of ether oxygens (including phenoxy) is 2. The van der Waals surface area contributed by atoms with Gasteiger partial charge in [0.25, 0.3) is 5.91 Å². The summed E-state index contributed by atoms with van der Waals surface area (Å²) >= 11 is 11.8. The Morgan fingerprint density at radius 1 is 1.10 bits per heavy atom. The van der Waals surface area contributed by atoms with Crippen LogP contribution in [0.3, 0.4) is 0 Å². The minimum Gasteiger partial charge on any atom is -0.347 e. The zero-order valence-electron chi connectivity index (χ0n) is 10.9. The topological polar surface area (TPSA) is 38.8 Å². The molecule has 2 aliphatic heterocycles. The largest absolute Gasteiger partial charge is 0.347 e. The SMILES string of the molecule is O=C(c1ccc(Cl)c(Cl)c1)N1CCC2(CC1)OCCO2. The first-order chi connectivity index (χ1) is 9.60. The highest BCUT2D eigenvalue weighted by Crippen LogP contribution is 2.32. The van der Waals surface area contributed by atoms with E-state index in [-0.39, 0.29) is 5.91 Å². The van der Waals surface area contributed by atoms with E-state index in [1.54, 1.807) is 23.1 Å². The number of amides is 1. The lowest BCUT2D eigenvalue weighted by Crippen LogP contribution is -2.47. The average Bonchev–Trinajstić information content (AvgIpc) is 2.90. The number of hydrogen-bond acceptors (Lipinski definition) is 3. The van der Waals surface area contributed by atoms with Crippen LogP contribution in [0.25, 0.3) is 0 Å². The number of halogens is 2. The maximum atomic E-state index is 12.4. The molecule has 1 amide bonds. The molecular weight excluding hydrogens is 301 g/mol. The van der Waals surface area contributed by atoms with Crippen LogP contribution in [0.5, 0.6) is 0 Å². The van der Waals surface area contributed by atoms with Crippen molar-refractivity contribution < 1.29 is 14.3 Å². The number of nitrogens with zero attached hydrogens (tertiary/aromatic N) is 1. The predicted octanol–water partition coefficient (Wildman–Crippen LogP) is 2.97. The van der Waals surface area contributed by atoms with Gasteiger partial charge in [-0.1, -0.05) is 23.2 Å². The average molecular weight is 316 g/mol. The second-order valence-corrected chi connectivity index (χ2v) is 5.84. The first kappa shape index (κ1) is 14.1. The molecule has 0 atom stereocenters. The Labute approximate surface area is 127 Å². The lowest BCUT2D eigenvalue weighted by atomic mass is 10.0. The van der Waals surface area contributed by atoms with Gasteiger partial charge in [0.2, 0.25) is 0 Å². The first-order valence-electron chi connectivity index (χ1n) is 6.62. The fraction of sp³-hybridized carbons (Fsp3) is 0.500. The van der Waals surface area contributed by atoms with Crippen LogP contribution in [0, 0.1) is 0 Å². The summed E-state index contributed by atoms with van der Waals surface area (Å²) in [6, 6.07) is 4.95. The molecule has 3 rings (SSSR count). The monoisotopic (exact) mass is 315 g/mol. The number of carbonyl (C=O) groups excluding carboxylic acids is 1. The van der Waals surface area contributed by atoms with Gasteiger partial charge in [-0.3, -0.25) is 4.79 Å². The van der Waals surface area contributed by atoms with E-state index in [4.69, 9.17) is 32.7 Å². The zero-order chi connectivity index (χ0) is 14.2. The lowest BCUT2D eigenvalue weighted by Gasteiger charge is -2.37. The standard InChI is InChI=1S/C14H15Cl2NO3/c15-11-2-1-10(9-12(11)16)13(18)17-5-3-14(4-6-17)19-7-8-20-14/h1-2,9H,3-8H2. The van der Waals surface area contributed by atoms with Crippen molar-refractivity contribution in [3.05, 3.63) is 33.8 Å². The molecule has 0 aromatic heterocycles. The zero-order valence-corrected chi connectivity index (χ0v) is 12.4. The highest BCUT2D eigenvalue weighted by molar-refractivity contribution is 6.42. The Balaban J connectivity index is 1.68. The van der Waals surface area contributed by atoms with Crippen molar-refractivity contribution in [2.24, 2.45) is 0 Å². The number of rotatable bonds is 1. The van der Waals surface area contributed by atoms with Gasteiger partial charge in [-0.05, 0) is 18.2 Å². The molecule has 1 aromatic rings. The van der Waals surface area contributed by atoms with Crippen LogP contribution in [0.1, 0.15) is 23.2 Å². The van der Waals surface area contributed by atoms with Crippen molar-refractivity contribution >= 4 is 29.1 Å². The Kier molecular flexibility index (Phi) is 3.91. The molecule has 2 saturated heterocycles. The van der Waals surface area contributed by atoms with Gasteiger partial charge in [0.05, 0.1) is 23.3 Å². The smallest absolute Gasteiger partial charge is 0.253 e. The quantitative estimate of drug-likeness (QED) is 0.799. The van der Waals surface area contributed by atoms with Gasteiger partial charge < -0.3 is 14.4 Å². The van der Waals surface area contributed by atoms with E-state index in [2.05, 4.69) is 0 Å². The number of piperidine rings is 1. The predicted molar refractivity (Wildman–Crippen MR) is 76.2 cm³/mol. The molecule has 2 heterocycles. The van der Waals surface area contributed by atoms with Crippen LogP contribution < -0.4 is 0 Å². The number of hydrogen-bond donors (Lipinski definition) is 0. The third-order valence-electron chi connectivity index (χ3n) is 3.79. The third-order valence-corrected chi connectivity index (χ3v) is 4.53. The van der Waals surface area contributed by atoms with Crippen molar-refractivity contribution in [1.29, 1.82) is 0 Å². The van der Waals surface area contributed by atoms with Gasteiger partial charge in [-0.25, -0.2) is 0 Å². The molecule has 0 radical (unpaired) electrons. The summed E-state index contributed by atoms with van der Waals surface area (Å²) in [5.74, 6) is -0.495. The molecule has 6 heteroatoms. The number of likely N-dealkylation sites (tertiary alicyclic amines) is 1. The molecule has 1 aromatic carbocycles.